The van der Waals surface area contributed by atoms with Crippen molar-refractivity contribution in [1.82, 2.24) is 5.32 Å². The van der Waals surface area contributed by atoms with Crippen molar-refractivity contribution in [2.75, 3.05) is 5.73 Å². The number of nitrogens with one attached hydrogen (secondary N) is 1. The molecule has 5 nitrogen and oxygen atoms in total. The summed E-state index contributed by atoms with van der Waals surface area (Å²) in [6.07, 6.45) is 0. The van der Waals surface area contributed by atoms with Crippen LogP contribution in [0.1, 0.15) is 21.5 Å². The minimum atomic E-state index is -2.90. The number of halogens is 2. The van der Waals surface area contributed by atoms with Crippen LogP contribution in [0.2, 0.25) is 0 Å². The van der Waals surface area contributed by atoms with Gasteiger partial charge in [-0.25, -0.2) is 0 Å². The second-order valence-corrected chi connectivity index (χ2v) is 4.77. The van der Waals surface area contributed by atoms with Gasteiger partial charge in [0, 0.05) is 24.3 Å². The molecule has 1 amide bonds. The third-order valence-electron chi connectivity index (χ3n) is 3.29. The molecule has 2 aromatic carbocycles. The van der Waals surface area contributed by atoms with Gasteiger partial charge in [0.15, 0.2) is 0 Å². The number of benzene rings is 2. The molecule has 0 aliphatic rings. The first-order chi connectivity index (χ1) is 11.0. The lowest BCUT2D eigenvalue weighted by atomic mass is 10.1. The highest BCUT2D eigenvalue weighted by molar-refractivity contribution is 5.94. The van der Waals surface area contributed by atoms with E-state index in [1.54, 1.807) is 12.1 Å². The highest BCUT2D eigenvalue weighted by Gasteiger charge is 2.10. The summed E-state index contributed by atoms with van der Waals surface area (Å²) in [6, 6.07) is 10.8. The monoisotopic (exact) mass is 321 g/mol. The summed E-state index contributed by atoms with van der Waals surface area (Å²) in [4.78, 5) is 12.1. The second-order valence-electron chi connectivity index (χ2n) is 4.77. The molecule has 0 spiro atoms. The number of anilines is 1. The van der Waals surface area contributed by atoms with Crippen molar-refractivity contribution in [3.8, 4) is 5.75 Å². The molecule has 0 heterocycles. The van der Waals surface area contributed by atoms with Gasteiger partial charge in [-0.15, -0.1) is 0 Å². The molecule has 0 saturated carbocycles. The number of rotatable bonds is 6. The van der Waals surface area contributed by atoms with Gasteiger partial charge >= 0.3 is 6.61 Å². The molecule has 0 atom stereocenters. The van der Waals surface area contributed by atoms with E-state index < -0.39 is 6.61 Å². The fourth-order valence-electron chi connectivity index (χ4n) is 2.13. The van der Waals surface area contributed by atoms with Gasteiger partial charge in [-0.3, -0.25) is 4.79 Å². The lowest BCUT2D eigenvalue weighted by Crippen LogP contribution is -2.24. The first-order valence-electron chi connectivity index (χ1n) is 6.90. The van der Waals surface area contributed by atoms with Crippen molar-refractivity contribution >= 4 is 11.6 Å². The number of hydrogen-bond donors (Lipinski definition) is 3. The summed E-state index contributed by atoms with van der Waals surface area (Å²) >= 11 is 0. The van der Waals surface area contributed by atoms with E-state index in [9.17, 15) is 13.6 Å². The van der Waals surface area contributed by atoms with Crippen LogP contribution in [0, 0.1) is 0 Å². The zero-order chi connectivity index (χ0) is 16.8. The molecular formula is C16H17F2N3O2. The van der Waals surface area contributed by atoms with Crippen LogP contribution in [0.25, 0.3) is 0 Å². The molecule has 0 unspecified atom stereocenters. The van der Waals surface area contributed by atoms with Crippen molar-refractivity contribution in [3.05, 3.63) is 59.2 Å². The van der Waals surface area contributed by atoms with E-state index in [1.807, 2.05) is 6.07 Å². The van der Waals surface area contributed by atoms with Gasteiger partial charge < -0.3 is 21.5 Å². The molecule has 0 radical (unpaired) electrons. The van der Waals surface area contributed by atoms with Gasteiger partial charge in [0.05, 0.1) is 0 Å². The predicted octanol–water partition coefficient (Wildman–Crippen LogP) is 2.26. The van der Waals surface area contributed by atoms with Crippen LogP contribution in [0.15, 0.2) is 42.5 Å². The summed E-state index contributed by atoms with van der Waals surface area (Å²) in [5, 5.41) is 2.74. The fourth-order valence-corrected chi connectivity index (χ4v) is 2.13. The average Bonchev–Trinajstić information content (AvgIpc) is 2.52. The first kappa shape index (κ1) is 16.7. The maximum absolute atomic E-state index is 12.1. The molecule has 0 aliphatic carbocycles. The van der Waals surface area contributed by atoms with Crippen molar-refractivity contribution in [3.63, 3.8) is 0 Å². The molecule has 0 saturated heterocycles. The number of nitrogens with two attached hydrogens (primary N) is 2. The smallest absolute Gasteiger partial charge is 0.387 e. The number of alkyl halides is 2. The Morgan fingerprint density at radius 1 is 1.17 bits per heavy atom. The van der Waals surface area contributed by atoms with Crippen LogP contribution < -0.4 is 21.5 Å². The van der Waals surface area contributed by atoms with E-state index in [2.05, 4.69) is 10.1 Å². The molecule has 0 aliphatic heterocycles. The topological polar surface area (TPSA) is 90.4 Å². The van der Waals surface area contributed by atoms with Crippen LogP contribution in [0.3, 0.4) is 0 Å². The molecular weight excluding hydrogens is 304 g/mol. The standard InChI is InChI=1S/C16H17F2N3O2/c17-16(18)23-12-6-4-10(5-7-12)15(22)21-9-11-2-1-3-14(20)13(11)8-19/h1-7,16H,8-9,19-20H2,(H,21,22). The largest absolute Gasteiger partial charge is 0.435 e. The zero-order valence-corrected chi connectivity index (χ0v) is 12.3. The van der Waals surface area contributed by atoms with E-state index >= 15 is 0 Å². The highest BCUT2D eigenvalue weighted by atomic mass is 19.3. The molecule has 2 rings (SSSR count). The molecule has 0 aromatic heterocycles. The molecule has 0 bridgehead atoms. The number of hydrogen-bond acceptors (Lipinski definition) is 4. The maximum Gasteiger partial charge on any atom is 0.387 e. The lowest BCUT2D eigenvalue weighted by Gasteiger charge is -2.12. The molecule has 0 fully saturated rings. The Kier molecular flexibility index (Phi) is 5.48. The van der Waals surface area contributed by atoms with Gasteiger partial charge in [-0.2, -0.15) is 8.78 Å². The SMILES string of the molecule is NCc1c(N)cccc1CNC(=O)c1ccc(OC(F)F)cc1. The van der Waals surface area contributed by atoms with E-state index in [0.29, 0.717) is 11.3 Å². The van der Waals surface area contributed by atoms with Gasteiger partial charge in [-0.05, 0) is 41.5 Å². The predicted molar refractivity (Wildman–Crippen MR) is 83.0 cm³/mol. The summed E-state index contributed by atoms with van der Waals surface area (Å²) in [5.41, 5.74) is 14.0. The van der Waals surface area contributed by atoms with Gasteiger partial charge in [0.25, 0.3) is 5.91 Å². The summed E-state index contributed by atoms with van der Waals surface area (Å²) in [7, 11) is 0. The van der Waals surface area contributed by atoms with Crippen LogP contribution in [0.4, 0.5) is 14.5 Å². The number of nitrogen functional groups attached to an aromatic ring is 1. The number of amides is 1. The minimum absolute atomic E-state index is 0.00204. The van der Waals surface area contributed by atoms with E-state index in [1.165, 1.54) is 24.3 Å². The molecule has 2 aromatic rings. The molecule has 7 heteroatoms. The third kappa shape index (κ3) is 4.40. The number of ether oxygens (including phenoxy) is 1. The van der Waals surface area contributed by atoms with E-state index in [0.717, 1.165) is 11.1 Å². The third-order valence-corrected chi connectivity index (χ3v) is 3.29. The first-order valence-corrected chi connectivity index (χ1v) is 6.90. The Morgan fingerprint density at radius 2 is 1.87 bits per heavy atom. The summed E-state index contributed by atoms with van der Waals surface area (Å²) < 4.78 is 28.4. The quantitative estimate of drug-likeness (QED) is 0.712. The number of carbonyl (C=O) groups excluding carboxylic acids is 1. The lowest BCUT2D eigenvalue weighted by molar-refractivity contribution is -0.0498. The summed E-state index contributed by atoms with van der Waals surface area (Å²) in [5.74, 6) is -0.336. The van der Waals surface area contributed by atoms with E-state index in [-0.39, 0.29) is 24.7 Å². The summed E-state index contributed by atoms with van der Waals surface area (Å²) in [6.45, 7) is -2.35. The molecule has 23 heavy (non-hydrogen) atoms. The van der Waals surface area contributed by atoms with Crippen LogP contribution in [-0.4, -0.2) is 12.5 Å². The van der Waals surface area contributed by atoms with Crippen molar-refractivity contribution < 1.29 is 18.3 Å². The Balaban J connectivity index is 2.01. The fraction of sp³-hybridized carbons (Fsp3) is 0.188. The van der Waals surface area contributed by atoms with Gasteiger partial charge in [-0.1, -0.05) is 12.1 Å². The second kappa shape index (κ2) is 7.55. The van der Waals surface area contributed by atoms with Crippen molar-refractivity contribution in [1.29, 1.82) is 0 Å². The average molecular weight is 321 g/mol. The normalized spacial score (nSPS) is 10.6. The van der Waals surface area contributed by atoms with Crippen LogP contribution in [-0.2, 0) is 13.1 Å². The Morgan fingerprint density at radius 3 is 2.48 bits per heavy atom. The van der Waals surface area contributed by atoms with Gasteiger partial charge in [0.2, 0.25) is 0 Å². The highest BCUT2D eigenvalue weighted by Crippen LogP contribution is 2.17. The van der Waals surface area contributed by atoms with Crippen LogP contribution >= 0.6 is 0 Å². The van der Waals surface area contributed by atoms with E-state index in [4.69, 9.17) is 11.5 Å². The Labute approximate surface area is 132 Å². The van der Waals surface area contributed by atoms with Crippen molar-refractivity contribution in [2.45, 2.75) is 19.7 Å². The maximum atomic E-state index is 12.1. The Hall–Kier alpha value is -2.67. The zero-order valence-electron chi connectivity index (χ0n) is 12.3. The minimum Gasteiger partial charge on any atom is -0.435 e. The van der Waals surface area contributed by atoms with Crippen molar-refractivity contribution in [2.24, 2.45) is 5.73 Å². The van der Waals surface area contributed by atoms with Gasteiger partial charge in [0.1, 0.15) is 5.75 Å². The van der Waals surface area contributed by atoms with Crippen LogP contribution in [0.5, 0.6) is 5.75 Å². The number of carbonyl (C=O) groups is 1. The molecule has 5 N–H and O–H groups in total. The molecule has 122 valence electrons. The Bertz CT molecular complexity index is 676.